The maximum absolute atomic E-state index is 10.2. The Labute approximate surface area is 150 Å². The van der Waals surface area contributed by atoms with Crippen LogP contribution in [0.5, 0.6) is 0 Å². The molecule has 138 valence electrons. The maximum atomic E-state index is 10.2. The quantitative estimate of drug-likeness (QED) is 0.491. The van der Waals surface area contributed by atoms with E-state index in [2.05, 4.69) is 45.0 Å². The number of quaternary nitrogens is 1. The largest absolute Gasteiger partial charge is 0.386 e. The summed E-state index contributed by atoms with van der Waals surface area (Å²) in [7, 11) is 0. The lowest BCUT2D eigenvalue weighted by molar-refractivity contribution is -0.941. The van der Waals surface area contributed by atoms with Gasteiger partial charge in [-0.3, -0.25) is 0 Å². The molecule has 0 aliphatic heterocycles. The minimum atomic E-state index is -0.753. The van der Waals surface area contributed by atoms with E-state index in [1.54, 1.807) is 0 Å². The lowest BCUT2D eigenvalue weighted by Crippen LogP contribution is -2.49. The third kappa shape index (κ3) is 6.94. The van der Waals surface area contributed by atoms with Gasteiger partial charge in [0.2, 0.25) is 0 Å². The van der Waals surface area contributed by atoms with Crippen LogP contribution in [0.15, 0.2) is 24.3 Å². The van der Waals surface area contributed by atoms with Crippen molar-refractivity contribution in [1.82, 2.24) is 0 Å². The van der Waals surface area contributed by atoms with Crippen LogP contribution in [0.25, 0.3) is 0 Å². The zero-order valence-corrected chi connectivity index (χ0v) is 16.8. The Bertz CT molecular complexity index is 422. The summed E-state index contributed by atoms with van der Waals surface area (Å²) in [4.78, 5) is 0. The van der Waals surface area contributed by atoms with E-state index in [1.807, 2.05) is 13.8 Å². The van der Waals surface area contributed by atoms with Gasteiger partial charge >= 0.3 is 0 Å². The molecule has 2 heteroatoms. The molecule has 0 radical (unpaired) electrons. The number of rotatable bonds is 12. The van der Waals surface area contributed by atoms with E-state index >= 15 is 0 Å². The molecule has 0 spiro atoms. The molecule has 1 rings (SSSR count). The predicted molar refractivity (Wildman–Crippen MR) is 105 cm³/mol. The van der Waals surface area contributed by atoms with Gasteiger partial charge in [0.15, 0.2) is 0 Å². The molecule has 0 saturated carbocycles. The summed E-state index contributed by atoms with van der Waals surface area (Å²) in [5, 5.41) is 10.2. The van der Waals surface area contributed by atoms with Gasteiger partial charge in [-0.05, 0) is 38.7 Å². The number of hydrogen-bond acceptors (Lipinski definition) is 1. The van der Waals surface area contributed by atoms with E-state index in [4.69, 9.17) is 0 Å². The maximum Gasteiger partial charge on any atom is 0.104 e. The van der Waals surface area contributed by atoms with Crippen molar-refractivity contribution >= 4 is 0 Å². The van der Waals surface area contributed by atoms with Crippen molar-refractivity contribution in [3.63, 3.8) is 0 Å². The first-order valence-corrected chi connectivity index (χ1v) is 10.0. The number of nitrogens with zero attached hydrogens (tertiary/aromatic N) is 1. The zero-order valence-electron chi connectivity index (χ0n) is 16.8. The van der Waals surface area contributed by atoms with Crippen LogP contribution >= 0.6 is 0 Å². The van der Waals surface area contributed by atoms with Crippen LogP contribution in [0.3, 0.4) is 0 Å². The summed E-state index contributed by atoms with van der Waals surface area (Å²) in [6, 6.07) is 8.65. The van der Waals surface area contributed by atoms with Gasteiger partial charge in [-0.2, -0.15) is 0 Å². The summed E-state index contributed by atoms with van der Waals surface area (Å²) < 4.78 is 1.23. The first kappa shape index (κ1) is 21.2. The van der Waals surface area contributed by atoms with Crippen molar-refractivity contribution < 1.29 is 9.59 Å². The molecule has 0 aromatic heterocycles. The van der Waals surface area contributed by atoms with Gasteiger partial charge in [0.05, 0.1) is 25.2 Å². The van der Waals surface area contributed by atoms with E-state index in [-0.39, 0.29) is 0 Å². The van der Waals surface area contributed by atoms with E-state index in [9.17, 15) is 5.11 Å². The Balaban J connectivity index is 2.95. The predicted octanol–water partition coefficient (Wildman–Crippen LogP) is 5.63. The van der Waals surface area contributed by atoms with Crippen LogP contribution in [-0.4, -0.2) is 29.2 Å². The second-order valence-corrected chi connectivity index (χ2v) is 7.99. The fourth-order valence-corrected chi connectivity index (χ4v) is 3.46. The lowest BCUT2D eigenvalue weighted by Gasteiger charge is -2.39. The van der Waals surface area contributed by atoms with Gasteiger partial charge in [0.25, 0.3) is 0 Å². The second-order valence-electron chi connectivity index (χ2n) is 7.99. The molecule has 1 aromatic carbocycles. The van der Waals surface area contributed by atoms with Crippen molar-refractivity contribution in [2.45, 2.75) is 85.3 Å². The zero-order chi connectivity index (χ0) is 18.1. The molecule has 2 nitrogen and oxygen atoms in total. The Hall–Kier alpha value is -0.860. The van der Waals surface area contributed by atoms with Crippen LogP contribution in [0, 0.1) is 0 Å². The Morgan fingerprint density at radius 1 is 0.792 bits per heavy atom. The average Bonchev–Trinajstić information content (AvgIpc) is 2.56. The van der Waals surface area contributed by atoms with Crippen LogP contribution in [0.1, 0.15) is 84.3 Å². The first-order valence-electron chi connectivity index (χ1n) is 10.0. The molecular formula is C22H40NO+. The minimum absolute atomic E-state index is 0.753. The second kappa shape index (κ2) is 10.2. The topological polar surface area (TPSA) is 20.2 Å². The van der Waals surface area contributed by atoms with Gasteiger partial charge in [-0.1, -0.05) is 64.3 Å². The molecule has 0 amide bonds. The van der Waals surface area contributed by atoms with Gasteiger partial charge in [0, 0.05) is 5.56 Å². The fraction of sp³-hybridized carbons (Fsp3) is 0.727. The van der Waals surface area contributed by atoms with Gasteiger partial charge in [-0.25, -0.2) is 0 Å². The third-order valence-electron chi connectivity index (χ3n) is 5.14. The minimum Gasteiger partial charge on any atom is -0.386 e. The Morgan fingerprint density at radius 3 is 1.54 bits per heavy atom. The van der Waals surface area contributed by atoms with Crippen molar-refractivity contribution in [3.8, 4) is 0 Å². The Kier molecular flexibility index (Phi) is 9.01. The van der Waals surface area contributed by atoms with Crippen molar-refractivity contribution in [2.75, 3.05) is 19.6 Å². The standard InChI is InChI=1S/C22H40NO/c1-6-9-16-23(17-10-7-2,18-11-8-3)19-20-12-14-21(15-13-20)22(4,5)24/h12-15,24H,6-11,16-19H2,1-5H3/q+1. The highest BCUT2D eigenvalue weighted by Crippen LogP contribution is 2.23. The molecule has 24 heavy (non-hydrogen) atoms. The SMILES string of the molecule is CCCC[N+](CCCC)(CCCC)Cc1ccc(C(C)(C)O)cc1. The molecule has 1 aromatic rings. The Morgan fingerprint density at radius 2 is 1.21 bits per heavy atom. The lowest BCUT2D eigenvalue weighted by atomic mass is 9.97. The summed E-state index contributed by atoms with van der Waals surface area (Å²) >= 11 is 0. The number of hydrogen-bond donors (Lipinski definition) is 1. The van der Waals surface area contributed by atoms with Crippen LogP contribution in [0.2, 0.25) is 0 Å². The van der Waals surface area contributed by atoms with Gasteiger partial charge in [-0.15, -0.1) is 0 Å². The molecule has 0 unspecified atom stereocenters. The summed E-state index contributed by atoms with van der Waals surface area (Å²) in [5.41, 5.74) is 1.66. The molecule has 0 bridgehead atoms. The molecule has 0 heterocycles. The average molecular weight is 335 g/mol. The van der Waals surface area contributed by atoms with Crippen molar-refractivity contribution in [3.05, 3.63) is 35.4 Å². The summed E-state index contributed by atoms with van der Waals surface area (Å²) in [5.74, 6) is 0. The third-order valence-corrected chi connectivity index (χ3v) is 5.14. The highest BCUT2D eigenvalue weighted by molar-refractivity contribution is 5.25. The van der Waals surface area contributed by atoms with E-state index in [0.29, 0.717) is 0 Å². The van der Waals surface area contributed by atoms with E-state index in [0.717, 1.165) is 12.1 Å². The molecule has 0 aliphatic carbocycles. The highest BCUT2D eigenvalue weighted by Gasteiger charge is 2.26. The van der Waals surface area contributed by atoms with Crippen LogP contribution < -0.4 is 0 Å². The van der Waals surface area contributed by atoms with Gasteiger partial charge in [0.1, 0.15) is 6.54 Å². The highest BCUT2D eigenvalue weighted by atomic mass is 16.3. The monoisotopic (exact) mass is 334 g/mol. The molecule has 0 fully saturated rings. The molecular weight excluding hydrogens is 294 g/mol. The van der Waals surface area contributed by atoms with Gasteiger partial charge < -0.3 is 9.59 Å². The van der Waals surface area contributed by atoms with E-state index in [1.165, 1.54) is 68.2 Å². The molecule has 1 N–H and O–H groups in total. The molecule has 0 aliphatic rings. The van der Waals surface area contributed by atoms with Crippen molar-refractivity contribution in [2.24, 2.45) is 0 Å². The smallest absolute Gasteiger partial charge is 0.104 e. The first-order chi connectivity index (χ1) is 11.4. The van der Waals surface area contributed by atoms with E-state index < -0.39 is 5.60 Å². The normalized spacial score (nSPS) is 12.6. The number of benzene rings is 1. The van der Waals surface area contributed by atoms with Crippen molar-refractivity contribution in [1.29, 1.82) is 0 Å². The number of unbranched alkanes of at least 4 members (excludes halogenated alkanes) is 3. The van der Waals surface area contributed by atoms with Crippen LogP contribution in [-0.2, 0) is 12.1 Å². The molecule has 0 atom stereocenters. The summed E-state index contributed by atoms with van der Waals surface area (Å²) in [6.07, 6.45) is 7.77. The summed E-state index contributed by atoms with van der Waals surface area (Å²) in [6.45, 7) is 15.6. The number of aliphatic hydroxyl groups is 1. The van der Waals surface area contributed by atoms with Crippen LogP contribution in [0.4, 0.5) is 0 Å². The fourth-order valence-electron chi connectivity index (χ4n) is 3.46. The molecule has 0 saturated heterocycles.